The lowest BCUT2D eigenvalue weighted by atomic mass is 10.1. The van der Waals surface area contributed by atoms with Crippen LogP contribution in [0.3, 0.4) is 0 Å². The second-order valence-electron chi connectivity index (χ2n) is 4.65. The van der Waals surface area contributed by atoms with Gasteiger partial charge in [-0.25, -0.2) is 4.68 Å². The number of aliphatic imine (C=N–C) groups is 1. The Labute approximate surface area is 120 Å². The number of nitrogens with one attached hydrogen (secondary N) is 1. The van der Waals surface area contributed by atoms with Gasteiger partial charge in [-0.2, -0.15) is 0 Å². The van der Waals surface area contributed by atoms with Gasteiger partial charge in [0.2, 0.25) is 0 Å². The molecule has 3 heterocycles. The van der Waals surface area contributed by atoms with Crippen molar-refractivity contribution in [1.29, 1.82) is 5.41 Å². The molecule has 6 nitrogen and oxygen atoms in total. The van der Waals surface area contributed by atoms with Gasteiger partial charge in [-0.1, -0.05) is 17.0 Å². The van der Waals surface area contributed by atoms with E-state index >= 15 is 0 Å². The summed E-state index contributed by atoms with van der Waals surface area (Å²) in [6.07, 6.45) is 4.48. The van der Waals surface area contributed by atoms with Gasteiger partial charge in [-0.05, 0) is 24.6 Å². The molecule has 1 aromatic heterocycles. The molecule has 1 aromatic carbocycles. The maximum absolute atomic E-state index is 8.16. The van der Waals surface area contributed by atoms with E-state index in [-0.39, 0.29) is 0 Å². The SMILES string of the molecule is N=C1Sc2cc(-n3ccnn3)ccc2C2=NCCCN12. The third kappa shape index (κ3) is 1.74. The quantitative estimate of drug-likeness (QED) is 0.866. The highest BCUT2D eigenvalue weighted by atomic mass is 32.2. The molecule has 7 heteroatoms. The van der Waals surface area contributed by atoms with Crippen molar-refractivity contribution in [2.45, 2.75) is 11.3 Å². The standard InChI is InChI=1S/C13H12N6S/c14-13-18-6-1-4-15-12(18)10-3-2-9(8-11(10)20-13)19-7-5-16-17-19/h2-3,5,7-8,14H,1,4,6H2. The third-order valence-electron chi connectivity index (χ3n) is 3.40. The van der Waals surface area contributed by atoms with Crippen LogP contribution in [0.15, 0.2) is 40.5 Å². The molecule has 2 aromatic rings. The number of amidine groups is 2. The highest BCUT2D eigenvalue weighted by Crippen LogP contribution is 2.34. The molecule has 0 bridgehead atoms. The molecule has 0 saturated heterocycles. The maximum atomic E-state index is 8.16. The molecule has 2 aliphatic heterocycles. The summed E-state index contributed by atoms with van der Waals surface area (Å²) in [4.78, 5) is 7.64. The minimum absolute atomic E-state index is 0.548. The van der Waals surface area contributed by atoms with E-state index in [1.54, 1.807) is 10.9 Å². The fraction of sp³-hybridized carbons (Fsp3) is 0.231. The monoisotopic (exact) mass is 284 g/mol. The summed E-state index contributed by atoms with van der Waals surface area (Å²) >= 11 is 1.48. The predicted molar refractivity (Wildman–Crippen MR) is 77.7 cm³/mol. The molecule has 0 radical (unpaired) electrons. The fourth-order valence-electron chi connectivity index (χ4n) is 2.46. The number of nitrogens with zero attached hydrogens (tertiary/aromatic N) is 5. The highest BCUT2D eigenvalue weighted by Gasteiger charge is 2.29. The van der Waals surface area contributed by atoms with Crippen LogP contribution >= 0.6 is 11.8 Å². The van der Waals surface area contributed by atoms with Crippen molar-refractivity contribution >= 4 is 22.8 Å². The molecule has 2 aliphatic rings. The topological polar surface area (TPSA) is 70.2 Å². The van der Waals surface area contributed by atoms with E-state index in [2.05, 4.69) is 21.4 Å². The van der Waals surface area contributed by atoms with E-state index < -0.39 is 0 Å². The van der Waals surface area contributed by atoms with Crippen LogP contribution in [0.2, 0.25) is 0 Å². The zero-order chi connectivity index (χ0) is 13.5. The molecule has 4 rings (SSSR count). The van der Waals surface area contributed by atoms with Crippen molar-refractivity contribution in [1.82, 2.24) is 19.9 Å². The summed E-state index contributed by atoms with van der Waals surface area (Å²) in [5, 5.41) is 16.5. The first kappa shape index (κ1) is 11.7. The zero-order valence-electron chi connectivity index (χ0n) is 10.7. The molecule has 0 fully saturated rings. The van der Waals surface area contributed by atoms with Crippen LogP contribution in [0.4, 0.5) is 0 Å². The summed E-state index contributed by atoms with van der Waals surface area (Å²) in [7, 11) is 0. The van der Waals surface area contributed by atoms with Crippen LogP contribution < -0.4 is 0 Å². The summed E-state index contributed by atoms with van der Waals surface area (Å²) < 4.78 is 1.72. The van der Waals surface area contributed by atoms with E-state index in [4.69, 9.17) is 5.41 Å². The zero-order valence-corrected chi connectivity index (χ0v) is 11.5. The van der Waals surface area contributed by atoms with E-state index in [1.807, 2.05) is 23.2 Å². The lowest BCUT2D eigenvalue weighted by Crippen LogP contribution is -2.42. The van der Waals surface area contributed by atoms with Gasteiger partial charge in [0.05, 0.1) is 18.1 Å². The molecule has 1 N–H and O–H groups in total. The minimum Gasteiger partial charge on any atom is -0.305 e. The number of aromatic nitrogens is 3. The Morgan fingerprint density at radius 1 is 1.30 bits per heavy atom. The number of benzene rings is 1. The molecule has 0 spiro atoms. The van der Waals surface area contributed by atoms with Gasteiger partial charge >= 0.3 is 0 Å². The number of rotatable bonds is 1. The van der Waals surface area contributed by atoms with Crippen LogP contribution in [0.25, 0.3) is 5.69 Å². The summed E-state index contributed by atoms with van der Waals surface area (Å²) in [6, 6.07) is 6.11. The van der Waals surface area contributed by atoms with E-state index in [0.29, 0.717) is 5.17 Å². The molecular weight excluding hydrogens is 272 g/mol. The smallest absolute Gasteiger partial charge is 0.166 e. The Morgan fingerprint density at radius 2 is 2.25 bits per heavy atom. The molecular formula is C13H12N6S. The molecule has 20 heavy (non-hydrogen) atoms. The van der Waals surface area contributed by atoms with E-state index in [1.165, 1.54) is 11.8 Å². The van der Waals surface area contributed by atoms with Crippen molar-refractivity contribution < 1.29 is 0 Å². The number of hydrogen-bond donors (Lipinski definition) is 1. The van der Waals surface area contributed by atoms with Crippen molar-refractivity contribution in [2.24, 2.45) is 4.99 Å². The van der Waals surface area contributed by atoms with Crippen molar-refractivity contribution in [3.05, 3.63) is 36.2 Å². The predicted octanol–water partition coefficient (Wildman–Crippen LogP) is 1.76. The molecule has 100 valence electrons. The summed E-state index contributed by atoms with van der Waals surface area (Å²) in [6.45, 7) is 1.73. The highest BCUT2D eigenvalue weighted by molar-refractivity contribution is 8.14. The average molecular weight is 284 g/mol. The van der Waals surface area contributed by atoms with E-state index in [9.17, 15) is 0 Å². The lowest BCUT2D eigenvalue weighted by molar-refractivity contribution is 0.551. The van der Waals surface area contributed by atoms with Crippen molar-refractivity contribution in [3.63, 3.8) is 0 Å². The molecule has 0 amide bonds. The first-order valence-corrected chi connectivity index (χ1v) is 7.24. The van der Waals surface area contributed by atoms with Crippen LogP contribution in [0, 0.1) is 5.41 Å². The summed E-state index contributed by atoms with van der Waals surface area (Å²) in [5.41, 5.74) is 2.06. The van der Waals surface area contributed by atoms with Gasteiger partial charge in [0.1, 0.15) is 5.84 Å². The van der Waals surface area contributed by atoms with Crippen LogP contribution in [0.5, 0.6) is 0 Å². The van der Waals surface area contributed by atoms with Gasteiger partial charge in [0.15, 0.2) is 5.17 Å². The van der Waals surface area contributed by atoms with Gasteiger partial charge in [0.25, 0.3) is 0 Å². The van der Waals surface area contributed by atoms with Crippen molar-refractivity contribution in [3.8, 4) is 5.69 Å². The van der Waals surface area contributed by atoms with Crippen molar-refractivity contribution in [2.75, 3.05) is 13.1 Å². The largest absolute Gasteiger partial charge is 0.305 e. The van der Waals surface area contributed by atoms with Crippen LogP contribution in [0.1, 0.15) is 12.0 Å². The number of hydrogen-bond acceptors (Lipinski definition) is 5. The first-order chi connectivity index (χ1) is 9.83. The second-order valence-corrected chi connectivity index (χ2v) is 5.68. The second kappa shape index (κ2) is 4.45. The van der Waals surface area contributed by atoms with Crippen LogP contribution in [-0.2, 0) is 0 Å². The van der Waals surface area contributed by atoms with Crippen LogP contribution in [-0.4, -0.2) is 44.0 Å². The Bertz CT molecular complexity index is 706. The third-order valence-corrected chi connectivity index (χ3v) is 4.37. The maximum Gasteiger partial charge on any atom is 0.166 e. The first-order valence-electron chi connectivity index (χ1n) is 6.42. The van der Waals surface area contributed by atoms with Gasteiger partial charge in [-0.15, -0.1) is 5.10 Å². The Morgan fingerprint density at radius 3 is 3.10 bits per heavy atom. The number of fused-ring (bicyclic) bond motifs is 3. The van der Waals surface area contributed by atoms with Gasteiger partial charge in [-0.3, -0.25) is 10.4 Å². The van der Waals surface area contributed by atoms with Gasteiger partial charge < -0.3 is 4.90 Å². The Kier molecular flexibility index (Phi) is 2.59. The molecule has 0 saturated carbocycles. The van der Waals surface area contributed by atoms with E-state index in [0.717, 1.165) is 41.5 Å². The lowest BCUT2D eigenvalue weighted by Gasteiger charge is -2.34. The summed E-state index contributed by atoms with van der Waals surface area (Å²) in [5.74, 6) is 0.931. The Hall–Kier alpha value is -2.15. The molecule has 0 atom stereocenters. The Balaban J connectivity index is 1.83. The number of thioether (sulfide) groups is 1. The fourth-order valence-corrected chi connectivity index (χ4v) is 3.41. The van der Waals surface area contributed by atoms with Gasteiger partial charge in [0, 0.05) is 23.5 Å². The molecule has 0 unspecified atom stereocenters. The average Bonchev–Trinajstić information content (AvgIpc) is 3.01. The molecule has 0 aliphatic carbocycles. The normalized spacial score (nSPS) is 17.5. The minimum atomic E-state index is 0.548.